The maximum atomic E-state index is 13.2. The fourth-order valence-electron chi connectivity index (χ4n) is 2.32. The molecule has 1 aliphatic rings. The molecule has 1 fully saturated rings. The van der Waals surface area contributed by atoms with Crippen molar-refractivity contribution in [1.29, 1.82) is 0 Å². The number of hydrogen-bond acceptors (Lipinski definition) is 2. The summed E-state index contributed by atoms with van der Waals surface area (Å²) in [5.74, 6) is 1.22. The van der Waals surface area contributed by atoms with Gasteiger partial charge in [0.25, 0.3) is 0 Å². The molecule has 2 nitrogen and oxygen atoms in total. The number of ether oxygens (including phenoxy) is 1. The molecular formula is C13H19ClFNO. The second-order valence-corrected chi connectivity index (χ2v) is 4.37. The maximum absolute atomic E-state index is 13.2. The Hall–Kier alpha value is -0.800. The molecule has 0 radical (unpaired) electrons. The Labute approximate surface area is 108 Å². The Morgan fingerprint density at radius 1 is 1.47 bits per heavy atom. The van der Waals surface area contributed by atoms with Gasteiger partial charge in [-0.05, 0) is 62.0 Å². The first-order chi connectivity index (χ1) is 7.79. The third-order valence-electron chi connectivity index (χ3n) is 3.15. The molecule has 1 aliphatic heterocycles. The first-order valence-electron chi connectivity index (χ1n) is 5.82. The number of halogens is 2. The summed E-state index contributed by atoms with van der Waals surface area (Å²) in [7, 11) is 1.63. The van der Waals surface area contributed by atoms with Crippen LogP contribution in [0.1, 0.15) is 18.4 Å². The highest BCUT2D eigenvalue weighted by Crippen LogP contribution is 2.24. The Morgan fingerprint density at radius 2 is 2.29 bits per heavy atom. The molecular weight excluding hydrogens is 241 g/mol. The predicted octanol–water partition coefficient (Wildman–Crippen LogP) is 2.80. The lowest BCUT2D eigenvalue weighted by atomic mass is 9.92. The fraction of sp³-hybridized carbons (Fsp3) is 0.538. The van der Waals surface area contributed by atoms with Crippen LogP contribution in [0.3, 0.4) is 0 Å². The van der Waals surface area contributed by atoms with Crippen molar-refractivity contribution in [3.8, 4) is 5.75 Å². The van der Waals surface area contributed by atoms with Gasteiger partial charge in [-0.2, -0.15) is 0 Å². The van der Waals surface area contributed by atoms with E-state index in [1.807, 2.05) is 0 Å². The van der Waals surface area contributed by atoms with Gasteiger partial charge in [-0.25, -0.2) is 4.39 Å². The Balaban J connectivity index is 0.00000144. The quantitative estimate of drug-likeness (QED) is 0.901. The molecule has 0 bridgehead atoms. The van der Waals surface area contributed by atoms with E-state index in [4.69, 9.17) is 4.74 Å². The lowest BCUT2D eigenvalue weighted by Crippen LogP contribution is -2.30. The second-order valence-electron chi connectivity index (χ2n) is 4.37. The molecule has 0 aliphatic carbocycles. The minimum atomic E-state index is -0.181. The third-order valence-corrected chi connectivity index (χ3v) is 3.15. The highest BCUT2D eigenvalue weighted by atomic mass is 35.5. The summed E-state index contributed by atoms with van der Waals surface area (Å²) in [5, 5.41) is 3.37. The summed E-state index contributed by atoms with van der Waals surface area (Å²) in [5.41, 5.74) is 0.983. The number of nitrogens with one attached hydrogen (secondary N) is 1. The van der Waals surface area contributed by atoms with Crippen molar-refractivity contribution < 1.29 is 9.13 Å². The molecule has 0 aromatic heterocycles. The highest BCUT2D eigenvalue weighted by molar-refractivity contribution is 5.85. The van der Waals surface area contributed by atoms with E-state index >= 15 is 0 Å². The summed E-state index contributed by atoms with van der Waals surface area (Å²) in [6.45, 7) is 2.14. The molecule has 1 aromatic carbocycles. The van der Waals surface area contributed by atoms with Gasteiger partial charge >= 0.3 is 0 Å². The van der Waals surface area contributed by atoms with Crippen LogP contribution in [0.25, 0.3) is 0 Å². The molecule has 0 amide bonds. The van der Waals surface area contributed by atoms with Crippen LogP contribution in [0.2, 0.25) is 0 Å². The molecule has 17 heavy (non-hydrogen) atoms. The van der Waals surface area contributed by atoms with Crippen molar-refractivity contribution in [3.05, 3.63) is 29.6 Å². The van der Waals surface area contributed by atoms with Gasteiger partial charge in [-0.15, -0.1) is 12.4 Å². The summed E-state index contributed by atoms with van der Waals surface area (Å²) in [6, 6.07) is 4.75. The van der Waals surface area contributed by atoms with E-state index in [1.165, 1.54) is 18.9 Å². The van der Waals surface area contributed by atoms with Gasteiger partial charge in [0.15, 0.2) is 0 Å². The largest absolute Gasteiger partial charge is 0.496 e. The van der Waals surface area contributed by atoms with Crippen molar-refractivity contribution in [3.63, 3.8) is 0 Å². The lowest BCUT2D eigenvalue weighted by Gasteiger charge is -2.23. The molecule has 0 spiro atoms. The molecule has 1 heterocycles. The topological polar surface area (TPSA) is 21.3 Å². The average Bonchev–Trinajstić information content (AvgIpc) is 2.31. The van der Waals surface area contributed by atoms with Crippen LogP contribution in [-0.4, -0.2) is 20.2 Å². The van der Waals surface area contributed by atoms with Gasteiger partial charge in [0.2, 0.25) is 0 Å². The zero-order valence-corrected chi connectivity index (χ0v) is 10.9. The van der Waals surface area contributed by atoms with Crippen molar-refractivity contribution in [2.75, 3.05) is 20.2 Å². The molecule has 96 valence electrons. The van der Waals surface area contributed by atoms with Crippen LogP contribution >= 0.6 is 12.4 Å². The molecule has 1 saturated heterocycles. The Kier molecular flexibility index (Phi) is 5.72. The maximum Gasteiger partial charge on any atom is 0.123 e. The first kappa shape index (κ1) is 14.3. The van der Waals surface area contributed by atoms with E-state index in [9.17, 15) is 4.39 Å². The van der Waals surface area contributed by atoms with E-state index in [-0.39, 0.29) is 18.2 Å². The van der Waals surface area contributed by atoms with E-state index in [0.717, 1.165) is 30.8 Å². The molecule has 0 unspecified atom stereocenters. The number of methoxy groups -OCH3 is 1. The standard InChI is InChI=1S/C13H18FNO.ClH/c1-16-13-5-4-12(14)8-11(13)7-10-3-2-6-15-9-10;/h4-5,8,10,15H,2-3,6-7,9H2,1H3;1H/t10-;/m1./s1. The first-order valence-corrected chi connectivity index (χ1v) is 5.82. The van der Waals surface area contributed by atoms with Crippen molar-refractivity contribution in [1.82, 2.24) is 5.32 Å². The summed E-state index contributed by atoms with van der Waals surface area (Å²) < 4.78 is 18.4. The number of benzene rings is 1. The zero-order valence-electron chi connectivity index (χ0n) is 10.0. The lowest BCUT2D eigenvalue weighted by molar-refractivity contribution is 0.363. The smallest absolute Gasteiger partial charge is 0.123 e. The van der Waals surface area contributed by atoms with Crippen LogP contribution in [0.4, 0.5) is 4.39 Å². The summed E-state index contributed by atoms with van der Waals surface area (Å²) >= 11 is 0. The fourth-order valence-corrected chi connectivity index (χ4v) is 2.32. The monoisotopic (exact) mass is 259 g/mol. The second kappa shape index (κ2) is 6.82. The number of rotatable bonds is 3. The van der Waals surface area contributed by atoms with E-state index in [0.29, 0.717) is 5.92 Å². The van der Waals surface area contributed by atoms with E-state index in [2.05, 4.69) is 5.32 Å². The SMILES string of the molecule is COc1ccc(F)cc1C[C@H]1CCCNC1.Cl. The van der Waals surface area contributed by atoms with Crippen LogP contribution in [0.15, 0.2) is 18.2 Å². The third kappa shape index (κ3) is 3.86. The van der Waals surface area contributed by atoms with Gasteiger partial charge in [-0.1, -0.05) is 0 Å². The molecule has 1 atom stereocenters. The summed E-state index contributed by atoms with van der Waals surface area (Å²) in [6.07, 6.45) is 3.32. The van der Waals surface area contributed by atoms with E-state index < -0.39 is 0 Å². The number of piperidine rings is 1. The van der Waals surface area contributed by atoms with Gasteiger partial charge in [0.05, 0.1) is 7.11 Å². The predicted molar refractivity (Wildman–Crippen MR) is 69.5 cm³/mol. The molecule has 4 heteroatoms. The summed E-state index contributed by atoms with van der Waals surface area (Å²) in [4.78, 5) is 0. The Morgan fingerprint density at radius 3 is 2.94 bits per heavy atom. The molecule has 0 saturated carbocycles. The van der Waals surface area contributed by atoms with E-state index in [1.54, 1.807) is 19.2 Å². The van der Waals surface area contributed by atoms with Gasteiger partial charge in [-0.3, -0.25) is 0 Å². The highest BCUT2D eigenvalue weighted by Gasteiger charge is 2.16. The van der Waals surface area contributed by atoms with Gasteiger partial charge in [0, 0.05) is 0 Å². The molecule has 1 N–H and O–H groups in total. The minimum Gasteiger partial charge on any atom is -0.496 e. The normalized spacial score (nSPS) is 19.5. The van der Waals surface area contributed by atoms with Crippen LogP contribution in [0.5, 0.6) is 5.75 Å². The average molecular weight is 260 g/mol. The van der Waals surface area contributed by atoms with Gasteiger partial charge in [0.1, 0.15) is 11.6 Å². The van der Waals surface area contributed by atoms with Crippen LogP contribution in [0, 0.1) is 11.7 Å². The molecule has 1 aromatic rings. The van der Waals surface area contributed by atoms with Crippen molar-refractivity contribution in [2.24, 2.45) is 5.92 Å². The number of hydrogen-bond donors (Lipinski definition) is 1. The van der Waals surface area contributed by atoms with Crippen LogP contribution in [-0.2, 0) is 6.42 Å². The minimum absolute atomic E-state index is 0. The zero-order chi connectivity index (χ0) is 11.4. The van der Waals surface area contributed by atoms with Crippen molar-refractivity contribution in [2.45, 2.75) is 19.3 Å². The molecule has 2 rings (SSSR count). The van der Waals surface area contributed by atoms with Crippen LogP contribution < -0.4 is 10.1 Å². The van der Waals surface area contributed by atoms with Crippen molar-refractivity contribution >= 4 is 12.4 Å². The Bertz CT molecular complexity index is 353. The van der Waals surface area contributed by atoms with Gasteiger partial charge < -0.3 is 10.1 Å².